The molecule has 0 spiro atoms. The number of fused-ring (bicyclic) bond motifs is 1. The maximum Gasteiger partial charge on any atom is 0.407 e. The first-order valence-electron chi connectivity index (χ1n) is 14.4. The third-order valence-corrected chi connectivity index (χ3v) is 5.92. The molecule has 0 unspecified atom stereocenters. The van der Waals surface area contributed by atoms with Crippen molar-refractivity contribution in [2.75, 3.05) is 38.1 Å². The fraction of sp³-hybridized carbons (Fsp3) is 0.448. The van der Waals surface area contributed by atoms with Gasteiger partial charge in [-0.15, -0.1) is 0 Å². The third kappa shape index (κ3) is 11.5. The van der Waals surface area contributed by atoms with Gasteiger partial charge in [-0.1, -0.05) is 30.3 Å². The fourth-order valence-electron chi connectivity index (χ4n) is 3.93. The number of hydrogen-bond donors (Lipinski definition) is 4. The Balaban J connectivity index is 1.61. The molecular formula is C29H38N8O9. The number of amides is 4. The predicted molar refractivity (Wildman–Crippen MR) is 163 cm³/mol. The molecule has 0 radical (unpaired) electrons. The Morgan fingerprint density at radius 3 is 2.41 bits per heavy atom. The van der Waals surface area contributed by atoms with Gasteiger partial charge in [0.15, 0.2) is 5.65 Å². The van der Waals surface area contributed by atoms with Crippen molar-refractivity contribution in [3.63, 3.8) is 0 Å². The molecule has 0 saturated carbocycles. The van der Waals surface area contributed by atoms with Crippen LogP contribution in [0.2, 0.25) is 0 Å². The Bertz CT molecular complexity index is 1580. The van der Waals surface area contributed by atoms with Crippen LogP contribution < -0.4 is 21.6 Å². The van der Waals surface area contributed by atoms with Crippen molar-refractivity contribution >= 4 is 47.0 Å². The molecule has 46 heavy (non-hydrogen) atoms. The SMILES string of the molecule is CCOC(=O)CN(CCNC(=O)OC(C)(C)C)C(=O)Cn1cnc2c(NC(=O)CCNC(=O)OCc3ccccc3)[nH]c(=O)nc21. The average molecular weight is 643 g/mol. The fourth-order valence-corrected chi connectivity index (χ4v) is 3.93. The minimum Gasteiger partial charge on any atom is -0.465 e. The molecule has 17 nitrogen and oxygen atoms in total. The van der Waals surface area contributed by atoms with E-state index in [-0.39, 0.29) is 62.8 Å². The molecule has 0 saturated heterocycles. The lowest BCUT2D eigenvalue weighted by Crippen LogP contribution is -2.44. The normalized spacial score (nSPS) is 11.0. The highest BCUT2D eigenvalue weighted by Gasteiger charge is 2.22. The third-order valence-electron chi connectivity index (χ3n) is 5.92. The maximum atomic E-state index is 13.2. The van der Waals surface area contributed by atoms with E-state index in [1.807, 2.05) is 18.2 Å². The van der Waals surface area contributed by atoms with Gasteiger partial charge in [-0.2, -0.15) is 4.98 Å². The zero-order valence-electron chi connectivity index (χ0n) is 26.1. The summed E-state index contributed by atoms with van der Waals surface area (Å²) in [6.45, 7) is 6.06. The molecule has 0 bridgehead atoms. The van der Waals surface area contributed by atoms with Gasteiger partial charge in [0.05, 0.1) is 12.9 Å². The molecule has 0 aliphatic carbocycles. The number of nitrogens with zero attached hydrogens (tertiary/aromatic N) is 4. The van der Waals surface area contributed by atoms with E-state index in [0.29, 0.717) is 0 Å². The molecule has 0 fully saturated rings. The summed E-state index contributed by atoms with van der Waals surface area (Å²) in [6, 6.07) is 9.09. The van der Waals surface area contributed by atoms with Crippen LogP contribution in [0.25, 0.3) is 11.2 Å². The van der Waals surface area contributed by atoms with Gasteiger partial charge in [-0.25, -0.2) is 19.4 Å². The number of benzene rings is 1. The number of carbonyl (C=O) groups excluding carboxylic acids is 5. The molecule has 248 valence electrons. The summed E-state index contributed by atoms with van der Waals surface area (Å²) >= 11 is 0. The van der Waals surface area contributed by atoms with Gasteiger partial charge in [0, 0.05) is 26.1 Å². The lowest BCUT2D eigenvalue weighted by Gasteiger charge is -2.23. The van der Waals surface area contributed by atoms with Crippen LogP contribution in [-0.2, 0) is 41.7 Å². The van der Waals surface area contributed by atoms with E-state index in [1.54, 1.807) is 39.8 Å². The number of aromatic nitrogens is 4. The van der Waals surface area contributed by atoms with E-state index in [0.717, 1.165) is 5.56 Å². The molecule has 0 aliphatic heterocycles. The van der Waals surface area contributed by atoms with E-state index < -0.39 is 47.8 Å². The highest BCUT2D eigenvalue weighted by atomic mass is 16.6. The number of alkyl carbamates (subject to hydrolysis) is 2. The first kappa shape index (κ1) is 35.0. The van der Waals surface area contributed by atoms with E-state index in [4.69, 9.17) is 14.2 Å². The average Bonchev–Trinajstić information content (AvgIpc) is 3.37. The number of rotatable bonds is 14. The van der Waals surface area contributed by atoms with Gasteiger partial charge in [-0.3, -0.25) is 19.4 Å². The van der Waals surface area contributed by atoms with Crippen LogP contribution in [0.4, 0.5) is 15.4 Å². The summed E-state index contributed by atoms with van der Waals surface area (Å²) in [6.07, 6.45) is -0.276. The van der Waals surface area contributed by atoms with Crippen molar-refractivity contribution in [1.29, 1.82) is 0 Å². The molecule has 2 aromatic heterocycles. The topological polar surface area (TPSA) is 216 Å². The van der Waals surface area contributed by atoms with E-state index in [1.165, 1.54) is 15.8 Å². The summed E-state index contributed by atoms with van der Waals surface area (Å²) < 4.78 is 16.5. The smallest absolute Gasteiger partial charge is 0.407 e. The van der Waals surface area contributed by atoms with Gasteiger partial charge in [0.1, 0.15) is 36.6 Å². The number of ether oxygens (including phenoxy) is 3. The minimum absolute atomic E-state index is 0.00187. The first-order valence-corrected chi connectivity index (χ1v) is 14.4. The second-order valence-electron chi connectivity index (χ2n) is 10.8. The number of hydrogen-bond acceptors (Lipinski definition) is 11. The zero-order valence-corrected chi connectivity index (χ0v) is 26.1. The van der Waals surface area contributed by atoms with Crippen LogP contribution in [0.1, 0.15) is 39.7 Å². The Hall–Kier alpha value is -5.48. The number of H-pyrrole nitrogens is 1. The first-order chi connectivity index (χ1) is 21.8. The lowest BCUT2D eigenvalue weighted by molar-refractivity contribution is -0.149. The molecule has 3 rings (SSSR count). The monoisotopic (exact) mass is 642 g/mol. The van der Waals surface area contributed by atoms with Crippen molar-refractivity contribution in [2.45, 2.75) is 52.9 Å². The van der Waals surface area contributed by atoms with Crippen molar-refractivity contribution in [3.05, 3.63) is 52.7 Å². The molecule has 4 N–H and O–H groups in total. The van der Waals surface area contributed by atoms with Gasteiger partial charge in [-0.05, 0) is 33.3 Å². The lowest BCUT2D eigenvalue weighted by atomic mass is 10.2. The number of aromatic amines is 1. The quantitative estimate of drug-likeness (QED) is 0.145. The number of esters is 1. The highest BCUT2D eigenvalue weighted by molar-refractivity contribution is 5.97. The minimum atomic E-state index is -0.815. The number of anilines is 1. The summed E-state index contributed by atoms with van der Waals surface area (Å²) in [4.78, 5) is 85.9. The van der Waals surface area contributed by atoms with Crippen LogP contribution in [0.5, 0.6) is 0 Å². The Labute approximate surface area is 264 Å². The van der Waals surface area contributed by atoms with Crippen molar-refractivity contribution in [1.82, 2.24) is 35.1 Å². The second kappa shape index (κ2) is 16.6. The Morgan fingerprint density at radius 2 is 1.72 bits per heavy atom. The van der Waals surface area contributed by atoms with Crippen LogP contribution in [-0.4, -0.2) is 92.8 Å². The zero-order chi connectivity index (χ0) is 33.7. The largest absolute Gasteiger partial charge is 0.465 e. The molecule has 3 aromatic rings. The van der Waals surface area contributed by atoms with Crippen LogP contribution in [0.3, 0.4) is 0 Å². The molecule has 1 aromatic carbocycles. The predicted octanol–water partition coefficient (Wildman–Crippen LogP) is 1.29. The van der Waals surface area contributed by atoms with Gasteiger partial charge < -0.3 is 39.6 Å². The van der Waals surface area contributed by atoms with E-state index in [2.05, 4.69) is 30.9 Å². The molecule has 4 amide bonds. The maximum absolute atomic E-state index is 13.2. The van der Waals surface area contributed by atoms with Crippen molar-refractivity contribution in [2.24, 2.45) is 0 Å². The molecule has 2 heterocycles. The van der Waals surface area contributed by atoms with Crippen LogP contribution >= 0.6 is 0 Å². The van der Waals surface area contributed by atoms with Crippen molar-refractivity contribution in [3.8, 4) is 0 Å². The number of imidazole rings is 1. The Morgan fingerprint density at radius 1 is 1.00 bits per heavy atom. The van der Waals surface area contributed by atoms with Gasteiger partial charge >= 0.3 is 23.8 Å². The molecule has 0 aliphatic rings. The van der Waals surface area contributed by atoms with E-state index in [9.17, 15) is 28.8 Å². The summed E-state index contributed by atoms with van der Waals surface area (Å²) in [5.74, 6) is -1.81. The number of carbonyl (C=O) groups is 5. The highest BCUT2D eigenvalue weighted by Crippen LogP contribution is 2.16. The standard InChI is InChI=1S/C29H38N8O9/c1-5-44-22(40)16-36(14-13-31-28(43)46-29(2,3)4)21(39)15-37-18-32-23-24(34-26(41)35-25(23)37)33-20(38)11-12-30-27(42)45-17-19-9-7-6-8-10-19/h6-10,18H,5,11-17H2,1-4H3,(H,30,42)(H,31,43)(H2,33,34,35,38,41). The Kier molecular flexibility index (Phi) is 12.6. The number of nitrogens with one attached hydrogen (secondary N) is 4. The van der Waals surface area contributed by atoms with Crippen molar-refractivity contribution < 1.29 is 38.2 Å². The molecular weight excluding hydrogens is 604 g/mol. The van der Waals surface area contributed by atoms with Gasteiger partial charge in [0.25, 0.3) is 0 Å². The van der Waals surface area contributed by atoms with Gasteiger partial charge in [0.2, 0.25) is 11.8 Å². The van der Waals surface area contributed by atoms with Crippen LogP contribution in [0.15, 0.2) is 41.5 Å². The summed E-state index contributed by atoms with van der Waals surface area (Å²) in [5, 5.41) is 7.54. The summed E-state index contributed by atoms with van der Waals surface area (Å²) in [5.41, 5.74) is -0.630. The molecule has 0 atom stereocenters. The summed E-state index contributed by atoms with van der Waals surface area (Å²) in [7, 11) is 0. The second-order valence-corrected chi connectivity index (χ2v) is 10.8. The van der Waals surface area contributed by atoms with E-state index >= 15 is 0 Å². The molecule has 17 heteroatoms. The van der Waals surface area contributed by atoms with Crippen LogP contribution in [0, 0.1) is 0 Å².